The van der Waals surface area contributed by atoms with E-state index in [2.05, 4.69) is 15.6 Å². The largest absolute Gasteiger partial charge is 0.497 e. The van der Waals surface area contributed by atoms with Crippen molar-refractivity contribution in [2.24, 2.45) is 0 Å². The number of pyridine rings is 1. The topological polar surface area (TPSA) is 89.5 Å². The molecule has 0 atom stereocenters. The number of nitrogens with zero attached hydrogens (tertiary/aromatic N) is 1. The fourth-order valence-electron chi connectivity index (χ4n) is 2.61. The van der Waals surface area contributed by atoms with Gasteiger partial charge in [0.15, 0.2) is 0 Å². The Morgan fingerprint density at radius 1 is 0.931 bits per heavy atom. The lowest BCUT2D eigenvalue weighted by Crippen LogP contribution is -2.12. The molecule has 0 fully saturated rings. The second kappa shape index (κ2) is 9.36. The second-order valence-corrected chi connectivity index (χ2v) is 6.07. The number of benzene rings is 2. The Morgan fingerprint density at radius 3 is 2.45 bits per heavy atom. The van der Waals surface area contributed by atoms with E-state index in [1.807, 2.05) is 0 Å². The molecule has 0 spiro atoms. The monoisotopic (exact) mass is 391 g/mol. The molecule has 3 aromatic rings. The number of methoxy groups -OCH3 is 1. The SMILES string of the molecule is CCOC(=O)c1ccc(Nc2cncc(C(=O)Nc3cccc(OC)c3)c2)cc1. The minimum Gasteiger partial charge on any atom is -0.497 e. The number of esters is 1. The van der Waals surface area contributed by atoms with Gasteiger partial charge in [0.1, 0.15) is 5.75 Å². The van der Waals surface area contributed by atoms with Crippen LogP contribution in [0.5, 0.6) is 5.75 Å². The average Bonchev–Trinajstić information content (AvgIpc) is 2.75. The van der Waals surface area contributed by atoms with Gasteiger partial charge in [-0.05, 0) is 49.4 Å². The molecule has 1 aromatic heterocycles. The lowest BCUT2D eigenvalue weighted by Gasteiger charge is -2.10. The molecule has 148 valence electrons. The quantitative estimate of drug-likeness (QED) is 0.585. The van der Waals surface area contributed by atoms with Gasteiger partial charge in [0, 0.05) is 23.6 Å². The summed E-state index contributed by atoms with van der Waals surface area (Å²) in [6, 6.07) is 15.7. The number of nitrogens with one attached hydrogen (secondary N) is 2. The molecule has 1 heterocycles. The fourth-order valence-corrected chi connectivity index (χ4v) is 2.61. The van der Waals surface area contributed by atoms with Crippen LogP contribution in [0.25, 0.3) is 0 Å². The number of hydrogen-bond acceptors (Lipinski definition) is 6. The number of ether oxygens (including phenoxy) is 2. The first-order valence-electron chi connectivity index (χ1n) is 9.03. The predicted molar refractivity (Wildman–Crippen MR) is 111 cm³/mol. The summed E-state index contributed by atoms with van der Waals surface area (Å²) in [7, 11) is 1.57. The van der Waals surface area contributed by atoms with E-state index in [1.165, 1.54) is 6.20 Å². The van der Waals surface area contributed by atoms with Crippen molar-refractivity contribution < 1.29 is 19.1 Å². The van der Waals surface area contributed by atoms with Gasteiger partial charge in [0.25, 0.3) is 5.91 Å². The summed E-state index contributed by atoms with van der Waals surface area (Å²) in [6.07, 6.45) is 3.10. The summed E-state index contributed by atoms with van der Waals surface area (Å²) in [6.45, 7) is 2.09. The van der Waals surface area contributed by atoms with Gasteiger partial charge in [0.2, 0.25) is 0 Å². The second-order valence-electron chi connectivity index (χ2n) is 6.07. The Balaban J connectivity index is 1.69. The highest BCUT2D eigenvalue weighted by molar-refractivity contribution is 6.04. The lowest BCUT2D eigenvalue weighted by atomic mass is 10.2. The molecule has 0 aliphatic rings. The number of carbonyl (C=O) groups is 2. The van der Waals surface area contributed by atoms with E-state index in [4.69, 9.17) is 9.47 Å². The molecule has 0 aliphatic heterocycles. The molecule has 29 heavy (non-hydrogen) atoms. The molecule has 0 aliphatic carbocycles. The third-order valence-electron chi connectivity index (χ3n) is 4.01. The molecule has 2 N–H and O–H groups in total. The molecule has 0 bridgehead atoms. The number of hydrogen-bond donors (Lipinski definition) is 2. The van der Waals surface area contributed by atoms with Gasteiger partial charge in [0.05, 0.1) is 36.7 Å². The van der Waals surface area contributed by atoms with Gasteiger partial charge < -0.3 is 20.1 Å². The molecule has 7 nitrogen and oxygen atoms in total. The minimum atomic E-state index is -0.364. The molecule has 1 amide bonds. The van der Waals surface area contributed by atoms with Gasteiger partial charge in [-0.3, -0.25) is 9.78 Å². The van der Waals surface area contributed by atoms with Gasteiger partial charge in [-0.15, -0.1) is 0 Å². The zero-order valence-electron chi connectivity index (χ0n) is 16.1. The highest BCUT2D eigenvalue weighted by Gasteiger charge is 2.09. The number of aromatic nitrogens is 1. The number of rotatable bonds is 7. The Bertz CT molecular complexity index is 1000. The van der Waals surface area contributed by atoms with Crippen LogP contribution in [0.15, 0.2) is 67.0 Å². The molecule has 0 saturated carbocycles. The molecular formula is C22H21N3O4. The number of anilines is 3. The Hall–Kier alpha value is -3.87. The Labute approximate surface area is 168 Å². The Morgan fingerprint density at radius 2 is 1.72 bits per heavy atom. The highest BCUT2D eigenvalue weighted by Crippen LogP contribution is 2.20. The third kappa shape index (κ3) is 5.32. The van der Waals surface area contributed by atoms with Crippen molar-refractivity contribution in [2.45, 2.75) is 6.92 Å². The van der Waals surface area contributed by atoms with Crippen molar-refractivity contribution in [2.75, 3.05) is 24.4 Å². The third-order valence-corrected chi connectivity index (χ3v) is 4.01. The maximum atomic E-state index is 12.5. The summed E-state index contributed by atoms with van der Waals surface area (Å²) in [5.41, 5.74) is 2.91. The highest BCUT2D eigenvalue weighted by atomic mass is 16.5. The molecule has 7 heteroatoms. The van der Waals surface area contributed by atoms with Crippen molar-refractivity contribution in [3.05, 3.63) is 78.1 Å². The number of amides is 1. The summed E-state index contributed by atoms with van der Waals surface area (Å²) in [5, 5.41) is 5.98. The molecule has 0 unspecified atom stereocenters. The lowest BCUT2D eigenvalue weighted by molar-refractivity contribution is 0.0526. The molecule has 0 saturated heterocycles. The number of carbonyl (C=O) groups excluding carboxylic acids is 2. The first-order chi connectivity index (χ1) is 14.1. The molecular weight excluding hydrogens is 370 g/mol. The predicted octanol–water partition coefficient (Wildman–Crippen LogP) is 4.26. The zero-order chi connectivity index (χ0) is 20.6. The summed E-state index contributed by atoms with van der Waals surface area (Å²) >= 11 is 0. The van der Waals surface area contributed by atoms with Gasteiger partial charge in [-0.1, -0.05) is 6.07 Å². The van der Waals surface area contributed by atoms with Crippen LogP contribution in [0.2, 0.25) is 0 Å². The zero-order valence-corrected chi connectivity index (χ0v) is 16.1. The van der Waals surface area contributed by atoms with Crippen molar-refractivity contribution in [1.82, 2.24) is 4.98 Å². The Kier molecular flexibility index (Phi) is 6.42. The molecule has 2 aromatic carbocycles. The van der Waals surface area contributed by atoms with Crippen LogP contribution < -0.4 is 15.4 Å². The van der Waals surface area contributed by atoms with Gasteiger partial charge in [-0.25, -0.2) is 4.79 Å². The van der Waals surface area contributed by atoms with E-state index >= 15 is 0 Å². The van der Waals surface area contributed by atoms with Crippen molar-refractivity contribution in [1.29, 1.82) is 0 Å². The summed E-state index contributed by atoms with van der Waals surface area (Å²) in [5.74, 6) is 0.00611. The summed E-state index contributed by atoms with van der Waals surface area (Å²) < 4.78 is 10.1. The summed E-state index contributed by atoms with van der Waals surface area (Å²) in [4.78, 5) is 28.4. The van der Waals surface area contributed by atoms with E-state index in [1.54, 1.807) is 74.8 Å². The molecule has 0 radical (unpaired) electrons. The van der Waals surface area contributed by atoms with Crippen LogP contribution in [-0.4, -0.2) is 30.6 Å². The average molecular weight is 391 g/mol. The van der Waals surface area contributed by atoms with Crippen molar-refractivity contribution in [3.63, 3.8) is 0 Å². The normalized spacial score (nSPS) is 10.1. The van der Waals surface area contributed by atoms with Crippen LogP contribution in [0, 0.1) is 0 Å². The first kappa shape index (κ1) is 19.9. The van der Waals surface area contributed by atoms with E-state index in [9.17, 15) is 9.59 Å². The smallest absolute Gasteiger partial charge is 0.338 e. The maximum Gasteiger partial charge on any atom is 0.338 e. The van der Waals surface area contributed by atoms with Crippen LogP contribution >= 0.6 is 0 Å². The van der Waals surface area contributed by atoms with Crippen LogP contribution in [0.1, 0.15) is 27.6 Å². The van der Waals surface area contributed by atoms with E-state index in [-0.39, 0.29) is 11.9 Å². The van der Waals surface area contributed by atoms with Crippen molar-refractivity contribution >= 4 is 28.9 Å². The van der Waals surface area contributed by atoms with E-state index < -0.39 is 0 Å². The van der Waals surface area contributed by atoms with E-state index in [0.29, 0.717) is 34.9 Å². The molecule has 3 rings (SSSR count). The van der Waals surface area contributed by atoms with Crippen LogP contribution in [-0.2, 0) is 4.74 Å². The first-order valence-corrected chi connectivity index (χ1v) is 9.03. The van der Waals surface area contributed by atoms with Gasteiger partial charge in [-0.2, -0.15) is 0 Å². The standard InChI is InChI=1S/C22H21N3O4/c1-3-29-22(27)15-7-9-17(10-8-15)24-19-11-16(13-23-14-19)21(26)25-18-5-4-6-20(12-18)28-2/h4-14,24H,3H2,1-2H3,(H,25,26). The fraction of sp³-hybridized carbons (Fsp3) is 0.136. The van der Waals surface area contributed by atoms with Crippen molar-refractivity contribution in [3.8, 4) is 5.75 Å². The van der Waals surface area contributed by atoms with Crippen LogP contribution in [0.3, 0.4) is 0 Å². The maximum absolute atomic E-state index is 12.5. The van der Waals surface area contributed by atoms with Gasteiger partial charge >= 0.3 is 5.97 Å². The minimum absolute atomic E-state index is 0.285. The van der Waals surface area contributed by atoms with Crippen LogP contribution in [0.4, 0.5) is 17.1 Å². The van der Waals surface area contributed by atoms with E-state index in [0.717, 1.165) is 5.69 Å².